The summed E-state index contributed by atoms with van der Waals surface area (Å²) in [6.07, 6.45) is 1.50. The van der Waals surface area contributed by atoms with E-state index < -0.39 is 5.60 Å². The number of hydrogen-bond donors (Lipinski definition) is 1. The zero-order chi connectivity index (χ0) is 12.2. The van der Waals surface area contributed by atoms with Gasteiger partial charge in [-0.25, -0.2) is 4.68 Å². The van der Waals surface area contributed by atoms with Crippen molar-refractivity contribution in [2.75, 3.05) is 5.75 Å². The zero-order valence-electron chi connectivity index (χ0n) is 10.3. The van der Waals surface area contributed by atoms with E-state index >= 15 is 0 Å². The van der Waals surface area contributed by atoms with Gasteiger partial charge in [-0.15, -0.1) is 5.10 Å². The second-order valence-corrected chi connectivity index (χ2v) is 5.16. The van der Waals surface area contributed by atoms with Gasteiger partial charge < -0.3 is 5.11 Å². The summed E-state index contributed by atoms with van der Waals surface area (Å²) in [5.74, 6) is 0.632. The highest BCUT2D eigenvalue weighted by Gasteiger charge is 2.24. The lowest BCUT2D eigenvalue weighted by molar-refractivity contribution is 0.0571. The molecular formula is C10H20N4OS. The number of tetrazole rings is 1. The zero-order valence-corrected chi connectivity index (χ0v) is 11.2. The number of aromatic nitrogens is 4. The molecule has 16 heavy (non-hydrogen) atoms. The van der Waals surface area contributed by atoms with E-state index in [2.05, 4.69) is 15.5 Å². The van der Waals surface area contributed by atoms with Gasteiger partial charge in [0.25, 0.3) is 0 Å². The van der Waals surface area contributed by atoms with Gasteiger partial charge in [0.15, 0.2) is 0 Å². The standard InChI is InChI=1S/C10H20N4OS/c1-5-10(15,6-2)7-16-9-11-12-13-14(9)8(3)4/h8,15H,5-7H2,1-4H3. The van der Waals surface area contributed by atoms with E-state index in [1.54, 1.807) is 4.68 Å². The first kappa shape index (κ1) is 13.4. The van der Waals surface area contributed by atoms with Crippen molar-refractivity contribution in [3.63, 3.8) is 0 Å². The monoisotopic (exact) mass is 244 g/mol. The molecule has 0 aromatic carbocycles. The molecule has 0 radical (unpaired) electrons. The van der Waals surface area contributed by atoms with Gasteiger partial charge in [-0.05, 0) is 37.1 Å². The fraction of sp³-hybridized carbons (Fsp3) is 0.900. The highest BCUT2D eigenvalue weighted by atomic mass is 32.2. The van der Waals surface area contributed by atoms with E-state index in [1.807, 2.05) is 27.7 Å². The fourth-order valence-electron chi connectivity index (χ4n) is 1.26. The first-order valence-corrected chi connectivity index (χ1v) is 6.64. The van der Waals surface area contributed by atoms with E-state index in [4.69, 9.17) is 0 Å². The Morgan fingerprint density at radius 1 is 1.38 bits per heavy atom. The number of thioether (sulfide) groups is 1. The van der Waals surface area contributed by atoms with Crippen LogP contribution in [-0.4, -0.2) is 36.7 Å². The maximum absolute atomic E-state index is 10.2. The molecule has 0 aliphatic carbocycles. The van der Waals surface area contributed by atoms with Crippen LogP contribution in [0.3, 0.4) is 0 Å². The van der Waals surface area contributed by atoms with Gasteiger partial charge in [-0.2, -0.15) is 0 Å². The van der Waals surface area contributed by atoms with Crippen LogP contribution >= 0.6 is 11.8 Å². The summed E-state index contributed by atoms with van der Waals surface area (Å²) < 4.78 is 1.77. The summed E-state index contributed by atoms with van der Waals surface area (Å²) in [7, 11) is 0. The van der Waals surface area contributed by atoms with Crippen LogP contribution in [-0.2, 0) is 0 Å². The molecule has 1 N–H and O–H groups in total. The van der Waals surface area contributed by atoms with Gasteiger partial charge in [-0.1, -0.05) is 25.6 Å². The van der Waals surface area contributed by atoms with Gasteiger partial charge in [0.1, 0.15) is 0 Å². The average molecular weight is 244 g/mol. The number of hydrogen-bond acceptors (Lipinski definition) is 5. The maximum Gasteiger partial charge on any atom is 0.209 e. The van der Waals surface area contributed by atoms with Crippen molar-refractivity contribution in [3.05, 3.63) is 0 Å². The Bertz CT molecular complexity index is 322. The molecule has 92 valence electrons. The summed E-state index contributed by atoms with van der Waals surface area (Å²) in [5.41, 5.74) is -0.613. The molecule has 0 spiro atoms. The fourth-order valence-corrected chi connectivity index (χ4v) is 2.54. The third-order valence-electron chi connectivity index (χ3n) is 2.74. The molecule has 0 saturated heterocycles. The number of rotatable bonds is 6. The first-order chi connectivity index (χ1) is 7.52. The molecular weight excluding hydrogens is 224 g/mol. The van der Waals surface area contributed by atoms with E-state index in [0.29, 0.717) is 5.75 Å². The SMILES string of the molecule is CCC(O)(CC)CSc1nnnn1C(C)C. The molecule has 1 heterocycles. The minimum atomic E-state index is -0.613. The maximum atomic E-state index is 10.2. The van der Waals surface area contributed by atoms with E-state index in [1.165, 1.54) is 11.8 Å². The molecule has 6 heteroatoms. The van der Waals surface area contributed by atoms with Crippen molar-refractivity contribution >= 4 is 11.8 Å². The van der Waals surface area contributed by atoms with Crippen LogP contribution in [0.4, 0.5) is 0 Å². The Kier molecular flexibility index (Phi) is 4.73. The van der Waals surface area contributed by atoms with Crippen molar-refractivity contribution < 1.29 is 5.11 Å². The highest BCUT2D eigenvalue weighted by Crippen LogP contribution is 2.26. The van der Waals surface area contributed by atoms with Crippen LogP contribution in [0, 0.1) is 0 Å². The van der Waals surface area contributed by atoms with Crippen LogP contribution in [0.1, 0.15) is 46.6 Å². The lowest BCUT2D eigenvalue weighted by Gasteiger charge is -2.24. The largest absolute Gasteiger partial charge is 0.389 e. The van der Waals surface area contributed by atoms with Crippen LogP contribution in [0.25, 0.3) is 0 Å². The lowest BCUT2D eigenvalue weighted by Crippen LogP contribution is -2.29. The van der Waals surface area contributed by atoms with E-state index in [0.717, 1.165) is 18.0 Å². The van der Waals surface area contributed by atoms with Crippen LogP contribution in [0.2, 0.25) is 0 Å². The predicted molar refractivity (Wildman–Crippen MR) is 64.5 cm³/mol. The summed E-state index contributed by atoms with van der Waals surface area (Å²) in [6, 6.07) is 0.244. The molecule has 0 atom stereocenters. The third-order valence-corrected chi connectivity index (χ3v) is 3.95. The summed E-state index contributed by atoms with van der Waals surface area (Å²) in [6.45, 7) is 8.06. The highest BCUT2D eigenvalue weighted by molar-refractivity contribution is 7.99. The third kappa shape index (κ3) is 3.18. The molecule has 0 aliphatic rings. The first-order valence-electron chi connectivity index (χ1n) is 5.65. The van der Waals surface area contributed by atoms with Gasteiger partial charge in [0, 0.05) is 5.75 Å². The van der Waals surface area contributed by atoms with Crippen molar-refractivity contribution in [2.24, 2.45) is 0 Å². The van der Waals surface area contributed by atoms with Crippen molar-refractivity contribution in [3.8, 4) is 0 Å². The van der Waals surface area contributed by atoms with Gasteiger partial charge >= 0.3 is 0 Å². The average Bonchev–Trinajstić information content (AvgIpc) is 2.74. The lowest BCUT2D eigenvalue weighted by atomic mass is 10.0. The Labute approximate surface area is 101 Å². The van der Waals surface area contributed by atoms with Gasteiger partial charge in [0.2, 0.25) is 5.16 Å². The second kappa shape index (κ2) is 5.63. The Morgan fingerprint density at radius 3 is 2.50 bits per heavy atom. The summed E-state index contributed by atoms with van der Waals surface area (Å²) >= 11 is 1.51. The molecule has 0 saturated carbocycles. The molecule has 0 unspecified atom stereocenters. The van der Waals surface area contributed by atoms with Crippen molar-refractivity contribution in [1.82, 2.24) is 20.2 Å². The summed E-state index contributed by atoms with van der Waals surface area (Å²) in [4.78, 5) is 0. The summed E-state index contributed by atoms with van der Waals surface area (Å²) in [5, 5.41) is 22.5. The van der Waals surface area contributed by atoms with E-state index in [9.17, 15) is 5.11 Å². The van der Waals surface area contributed by atoms with E-state index in [-0.39, 0.29) is 6.04 Å². The van der Waals surface area contributed by atoms with Crippen molar-refractivity contribution in [1.29, 1.82) is 0 Å². The van der Waals surface area contributed by atoms with Gasteiger partial charge in [-0.3, -0.25) is 0 Å². The van der Waals surface area contributed by atoms with Crippen molar-refractivity contribution in [2.45, 2.75) is 57.3 Å². The molecule has 0 fully saturated rings. The van der Waals surface area contributed by atoms with Gasteiger partial charge in [0.05, 0.1) is 11.6 Å². The second-order valence-electron chi connectivity index (χ2n) is 4.22. The quantitative estimate of drug-likeness (QED) is 0.774. The molecule has 5 nitrogen and oxygen atoms in total. The topological polar surface area (TPSA) is 63.8 Å². The predicted octanol–water partition coefficient (Wildman–Crippen LogP) is 1.90. The molecule has 1 rings (SSSR count). The normalized spacial score (nSPS) is 12.4. The Balaban J connectivity index is 2.64. The number of aliphatic hydroxyl groups is 1. The molecule has 1 aromatic rings. The van der Waals surface area contributed by atoms with Crippen LogP contribution in [0.5, 0.6) is 0 Å². The van der Waals surface area contributed by atoms with Crippen LogP contribution < -0.4 is 0 Å². The smallest absolute Gasteiger partial charge is 0.209 e. The molecule has 0 aliphatic heterocycles. The molecule has 0 amide bonds. The minimum absolute atomic E-state index is 0.244. The molecule has 0 bridgehead atoms. The number of nitrogens with zero attached hydrogens (tertiary/aromatic N) is 4. The molecule has 1 aromatic heterocycles. The Morgan fingerprint density at radius 2 is 2.00 bits per heavy atom. The minimum Gasteiger partial charge on any atom is -0.389 e. The Hall–Kier alpha value is -0.620. The van der Waals surface area contributed by atoms with Crippen LogP contribution in [0.15, 0.2) is 5.16 Å².